The van der Waals surface area contributed by atoms with Gasteiger partial charge in [0.2, 0.25) is 5.91 Å². The first-order valence-corrected chi connectivity index (χ1v) is 7.82. The lowest BCUT2D eigenvalue weighted by Gasteiger charge is -2.15. The van der Waals surface area contributed by atoms with Gasteiger partial charge in [-0.3, -0.25) is 9.78 Å². The van der Waals surface area contributed by atoms with Gasteiger partial charge in [0, 0.05) is 24.0 Å². The Hall–Kier alpha value is -3.09. The Morgan fingerprint density at radius 2 is 1.92 bits per heavy atom. The number of anilines is 1. The fraction of sp³-hybridized carbons (Fsp3) is 0.167. The normalized spacial score (nSPS) is 15.0. The summed E-state index contributed by atoms with van der Waals surface area (Å²) in [5, 5.41) is 6.87. The summed E-state index contributed by atoms with van der Waals surface area (Å²) >= 11 is 0. The van der Waals surface area contributed by atoms with E-state index in [0.717, 1.165) is 6.20 Å². The minimum atomic E-state index is -0.850. The predicted molar refractivity (Wildman–Crippen MR) is 87.3 cm³/mol. The second-order valence-electron chi connectivity index (χ2n) is 5.99. The molecule has 0 unspecified atom stereocenters. The Bertz CT molecular complexity index is 950. The molecule has 1 aliphatic rings. The van der Waals surface area contributed by atoms with Crippen LogP contribution in [-0.4, -0.2) is 20.7 Å². The molecule has 0 bridgehead atoms. The number of benzene rings is 1. The molecule has 1 aromatic carbocycles. The molecule has 25 heavy (non-hydrogen) atoms. The fourth-order valence-electron chi connectivity index (χ4n) is 2.91. The lowest BCUT2D eigenvalue weighted by Crippen LogP contribution is -2.29. The lowest BCUT2D eigenvalue weighted by atomic mass is 9.94. The summed E-state index contributed by atoms with van der Waals surface area (Å²) in [5.74, 6) is -0.935. The third kappa shape index (κ3) is 2.67. The highest BCUT2D eigenvalue weighted by Crippen LogP contribution is 2.49. The molecule has 126 valence electrons. The van der Waals surface area contributed by atoms with Gasteiger partial charge in [0.1, 0.15) is 11.5 Å². The van der Waals surface area contributed by atoms with Crippen LogP contribution in [-0.2, 0) is 10.2 Å². The molecular weight excluding hydrogens is 326 g/mol. The number of amides is 1. The fourth-order valence-corrected chi connectivity index (χ4v) is 2.91. The number of nitrogens with one attached hydrogen (secondary N) is 1. The van der Waals surface area contributed by atoms with Crippen LogP contribution in [0.25, 0.3) is 5.69 Å². The summed E-state index contributed by atoms with van der Waals surface area (Å²) in [6.45, 7) is 0. The first kappa shape index (κ1) is 15.4. The number of carbonyl (C=O) groups excluding carboxylic acids is 1. The van der Waals surface area contributed by atoms with E-state index in [4.69, 9.17) is 0 Å². The number of aromatic nitrogens is 3. The zero-order valence-corrected chi connectivity index (χ0v) is 13.1. The minimum Gasteiger partial charge on any atom is -0.308 e. The first-order valence-electron chi connectivity index (χ1n) is 7.82. The van der Waals surface area contributed by atoms with Crippen LogP contribution in [0.5, 0.6) is 0 Å². The van der Waals surface area contributed by atoms with Crippen molar-refractivity contribution >= 4 is 11.7 Å². The third-order valence-electron chi connectivity index (χ3n) is 4.40. The Kier molecular flexibility index (Phi) is 3.56. The quantitative estimate of drug-likeness (QED) is 0.793. The van der Waals surface area contributed by atoms with Crippen LogP contribution in [0.15, 0.2) is 55.0 Å². The number of hydrogen-bond donors (Lipinski definition) is 1. The van der Waals surface area contributed by atoms with Gasteiger partial charge in [-0.25, -0.2) is 13.5 Å². The van der Waals surface area contributed by atoms with Crippen molar-refractivity contribution in [2.75, 3.05) is 5.32 Å². The van der Waals surface area contributed by atoms with Crippen LogP contribution in [0.4, 0.5) is 14.6 Å². The topological polar surface area (TPSA) is 59.8 Å². The highest BCUT2D eigenvalue weighted by molar-refractivity contribution is 6.00. The number of halogens is 2. The first-order chi connectivity index (χ1) is 12.1. The molecule has 1 fully saturated rings. The number of hydrogen-bond acceptors (Lipinski definition) is 3. The van der Waals surface area contributed by atoms with Crippen LogP contribution < -0.4 is 5.32 Å². The van der Waals surface area contributed by atoms with Gasteiger partial charge >= 0.3 is 0 Å². The average molecular weight is 340 g/mol. The molecule has 4 rings (SSSR count). The summed E-state index contributed by atoms with van der Waals surface area (Å²) in [6.07, 6.45) is 5.25. The van der Waals surface area contributed by atoms with Crippen molar-refractivity contribution in [3.05, 3.63) is 72.2 Å². The Balaban J connectivity index is 1.57. The molecule has 1 N–H and O–H groups in total. The summed E-state index contributed by atoms with van der Waals surface area (Å²) < 4.78 is 29.1. The van der Waals surface area contributed by atoms with E-state index in [-0.39, 0.29) is 23.2 Å². The molecule has 0 atom stereocenters. The van der Waals surface area contributed by atoms with E-state index in [2.05, 4.69) is 15.4 Å². The number of rotatable bonds is 4. The van der Waals surface area contributed by atoms with Gasteiger partial charge in [-0.15, -0.1) is 5.10 Å². The van der Waals surface area contributed by atoms with Crippen molar-refractivity contribution in [1.29, 1.82) is 0 Å². The predicted octanol–water partition coefficient (Wildman–Crippen LogP) is 3.22. The zero-order valence-electron chi connectivity index (χ0n) is 13.1. The van der Waals surface area contributed by atoms with Crippen LogP contribution in [0.2, 0.25) is 0 Å². The van der Waals surface area contributed by atoms with E-state index < -0.39 is 11.2 Å². The molecular formula is C18H14F2N4O. The molecule has 1 saturated carbocycles. The van der Waals surface area contributed by atoms with Gasteiger partial charge in [-0.2, -0.15) is 0 Å². The summed E-state index contributed by atoms with van der Waals surface area (Å²) in [4.78, 5) is 16.3. The zero-order chi connectivity index (χ0) is 17.4. The Labute approximate surface area is 142 Å². The van der Waals surface area contributed by atoms with Crippen molar-refractivity contribution in [3.8, 4) is 5.69 Å². The number of carbonyl (C=O) groups is 1. The largest absolute Gasteiger partial charge is 0.308 e. The summed E-state index contributed by atoms with van der Waals surface area (Å²) in [7, 11) is 0. The van der Waals surface area contributed by atoms with Crippen LogP contribution in [0.3, 0.4) is 0 Å². The number of nitrogens with zero attached hydrogens (tertiary/aromatic N) is 3. The van der Waals surface area contributed by atoms with Crippen molar-refractivity contribution in [1.82, 2.24) is 14.8 Å². The summed E-state index contributed by atoms with van der Waals surface area (Å²) in [6, 6.07) is 9.34. The van der Waals surface area contributed by atoms with Gasteiger partial charge in [0.05, 0.1) is 11.6 Å². The van der Waals surface area contributed by atoms with Crippen molar-refractivity contribution in [3.63, 3.8) is 0 Å². The second-order valence-corrected chi connectivity index (χ2v) is 5.99. The smallest absolute Gasteiger partial charge is 0.236 e. The molecule has 3 aromatic rings. The molecule has 0 aliphatic heterocycles. The highest BCUT2D eigenvalue weighted by atomic mass is 19.1. The molecule has 1 aliphatic carbocycles. The molecule has 5 nitrogen and oxygen atoms in total. The Morgan fingerprint density at radius 3 is 2.64 bits per heavy atom. The van der Waals surface area contributed by atoms with E-state index >= 15 is 0 Å². The van der Waals surface area contributed by atoms with Gasteiger partial charge < -0.3 is 5.32 Å². The summed E-state index contributed by atoms with van der Waals surface area (Å²) in [5.41, 5.74) is -0.227. The van der Waals surface area contributed by atoms with Gasteiger partial charge in [-0.05, 0) is 25.0 Å². The van der Waals surface area contributed by atoms with Gasteiger partial charge in [0.25, 0.3) is 0 Å². The van der Waals surface area contributed by atoms with E-state index in [1.165, 1.54) is 29.2 Å². The molecule has 0 radical (unpaired) electrons. The lowest BCUT2D eigenvalue weighted by molar-refractivity contribution is -0.118. The molecule has 0 saturated heterocycles. The van der Waals surface area contributed by atoms with Crippen molar-refractivity contribution < 1.29 is 13.6 Å². The molecule has 2 aromatic heterocycles. The maximum atomic E-state index is 14.0. The molecule has 7 heteroatoms. The Morgan fingerprint density at radius 1 is 1.12 bits per heavy atom. The van der Waals surface area contributed by atoms with E-state index in [1.807, 2.05) is 0 Å². The minimum absolute atomic E-state index is 0.228. The van der Waals surface area contributed by atoms with Crippen molar-refractivity contribution in [2.24, 2.45) is 0 Å². The maximum Gasteiger partial charge on any atom is 0.236 e. The maximum absolute atomic E-state index is 14.0. The molecule has 1 amide bonds. The van der Waals surface area contributed by atoms with E-state index in [1.54, 1.807) is 24.3 Å². The van der Waals surface area contributed by atoms with Crippen LogP contribution >= 0.6 is 0 Å². The highest BCUT2D eigenvalue weighted by Gasteiger charge is 2.52. The average Bonchev–Trinajstić information content (AvgIpc) is 3.29. The standard InChI is InChI=1S/C18H14F2N4O/c19-13-4-2-1-3-12(13)18(7-8-18)17(25)22-16-6-10-24(23-16)15-5-9-21-11-14(15)20/h1-6,9-11H,7-8H2,(H,22,23,25). The van der Waals surface area contributed by atoms with Gasteiger partial charge in [-0.1, -0.05) is 18.2 Å². The van der Waals surface area contributed by atoms with E-state index in [0.29, 0.717) is 18.4 Å². The van der Waals surface area contributed by atoms with E-state index in [9.17, 15) is 13.6 Å². The van der Waals surface area contributed by atoms with Gasteiger partial charge in [0.15, 0.2) is 11.6 Å². The molecule has 0 spiro atoms. The molecule has 2 heterocycles. The second kappa shape index (κ2) is 5.77. The third-order valence-corrected chi connectivity index (χ3v) is 4.40. The van der Waals surface area contributed by atoms with Crippen LogP contribution in [0.1, 0.15) is 18.4 Å². The van der Waals surface area contributed by atoms with Crippen LogP contribution in [0, 0.1) is 11.6 Å². The SMILES string of the molecule is O=C(Nc1ccn(-c2ccncc2F)n1)C1(c2ccccc2F)CC1. The van der Waals surface area contributed by atoms with Crippen molar-refractivity contribution in [2.45, 2.75) is 18.3 Å². The monoisotopic (exact) mass is 340 g/mol. The number of pyridine rings is 1.